The van der Waals surface area contributed by atoms with Gasteiger partial charge in [0.15, 0.2) is 0 Å². The van der Waals surface area contributed by atoms with E-state index in [1.165, 1.54) is 6.07 Å². The van der Waals surface area contributed by atoms with Crippen LogP contribution >= 0.6 is 39.1 Å². The van der Waals surface area contributed by atoms with Crippen LogP contribution in [0.5, 0.6) is 0 Å². The number of hydrogen-bond donors (Lipinski definition) is 1. The minimum absolute atomic E-state index is 0.163. The number of benzene rings is 2. The third-order valence-corrected chi connectivity index (χ3v) is 4.59. The van der Waals surface area contributed by atoms with Crippen molar-refractivity contribution in [2.24, 2.45) is 0 Å². The third kappa shape index (κ3) is 4.19. The summed E-state index contributed by atoms with van der Waals surface area (Å²) in [5.41, 5.74) is 1.51. The summed E-state index contributed by atoms with van der Waals surface area (Å²) >= 11 is 15.7. The molecule has 1 N–H and O–H groups in total. The number of nitrogens with one attached hydrogen (secondary N) is 1. The molecule has 0 aliphatic heterocycles. The van der Waals surface area contributed by atoms with Gasteiger partial charge in [0.2, 0.25) is 0 Å². The molecule has 1 nitrogen and oxygen atoms in total. The van der Waals surface area contributed by atoms with Gasteiger partial charge >= 0.3 is 0 Å². The lowest BCUT2D eigenvalue weighted by Crippen LogP contribution is -2.24. The topological polar surface area (TPSA) is 12.0 Å². The molecular weight excluding hydrogens is 376 g/mol. The van der Waals surface area contributed by atoms with E-state index in [0.29, 0.717) is 22.0 Å². The maximum atomic E-state index is 14.1. The molecule has 1 unspecified atom stereocenters. The first-order valence-corrected chi connectivity index (χ1v) is 8.19. The molecule has 5 heteroatoms. The number of rotatable bonds is 5. The zero-order valence-corrected chi connectivity index (χ0v) is 14.6. The normalized spacial score (nSPS) is 12.4. The highest BCUT2D eigenvalue weighted by Crippen LogP contribution is 2.30. The second-order valence-electron chi connectivity index (χ2n) is 4.69. The lowest BCUT2D eigenvalue weighted by atomic mass is 9.98. The molecule has 0 saturated heterocycles. The van der Waals surface area contributed by atoms with Crippen molar-refractivity contribution in [3.8, 4) is 0 Å². The third-order valence-electron chi connectivity index (χ3n) is 3.24. The monoisotopic (exact) mass is 389 g/mol. The van der Waals surface area contributed by atoms with Gasteiger partial charge in [0.05, 0.1) is 10.0 Å². The molecule has 0 saturated carbocycles. The van der Waals surface area contributed by atoms with Crippen molar-refractivity contribution < 1.29 is 4.39 Å². The van der Waals surface area contributed by atoms with Crippen LogP contribution in [0, 0.1) is 5.82 Å². The Hall–Kier alpha value is -0.610. The number of halogens is 4. The van der Waals surface area contributed by atoms with Crippen LogP contribution in [-0.4, -0.2) is 6.54 Å². The first kappa shape index (κ1) is 16.8. The van der Waals surface area contributed by atoms with Gasteiger partial charge in [0.25, 0.3) is 0 Å². The summed E-state index contributed by atoms with van der Waals surface area (Å²) in [5, 5.41) is 4.34. The Bertz CT molecular complexity index is 634. The average Bonchev–Trinajstić information content (AvgIpc) is 2.46. The van der Waals surface area contributed by atoms with Crippen LogP contribution in [0.1, 0.15) is 24.1 Å². The summed E-state index contributed by atoms with van der Waals surface area (Å²) in [5.74, 6) is -0.234. The van der Waals surface area contributed by atoms with E-state index in [1.54, 1.807) is 18.2 Å². The standard InChI is InChI=1S/C16H15BrCl2FN/c1-2-21-15(12-9-11(17)6-7-14(12)20)8-10-4-3-5-13(18)16(10)19/h3-7,9,15,21H,2,8H2,1H3. The molecule has 1 atom stereocenters. The van der Waals surface area contributed by atoms with Gasteiger partial charge < -0.3 is 5.32 Å². The van der Waals surface area contributed by atoms with Crippen molar-refractivity contribution >= 4 is 39.1 Å². The summed E-state index contributed by atoms with van der Waals surface area (Å²) in [6.07, 6.45) is 0.570. The Labute approximate surface area is 142 Å². The molecule has 112 valence electrons. The first-order valence-electron chi connectivity index (χ1n) is 6.64. The van der Waals surface area contributed by atoms with E-state index >= 15 is 0 Å². The molecule has 21 heavy (non-hydrogen) atoms. The van der Waals surface area contributed by atoms with Crippen LogP contribution in [-0.2, 0) is 6.42 Å². The summed E-state index contributed by atoms with van der Waals surface area (Å²) in [6.45, 7) is 2.72. The van der Waals surface area contributed by atoms with Crippen molar-refractivity contribution in [3.63, 3.8) is 0 Å². The SMILES string of the molecule is CCNC(Cc1cccc(Cl)c1Cl)c1cc(Br)ccc1F. The predicted octanol–water partition coefficient (Wildman–Crippen LogP) is 5.79. The molecule has 0 aliphatic rings. The molecule has 0 fully saturated rings. The van der Waals surface area contributed by atoms with Crippen LogP contribution in [0.25, 0.3) is 0 Å². The Morgan fingerprint density at radius 1 is 1.24 bits per heavy atom. The Morgan fingerprint density at radius 3 is 2.71 bits per heavy atom. The highest BCUT2D eigenvalue weighted by molar-refractivity contribution is 9.10. The van der Waals surface area contributed by atoms with Gasteiger partial charge in [-0.2, -0.15) is 0 Å². The Balaban J connectivity index is 2.35. The van der Waals surface area contributed by atoms with Crippen LogP contribution < -0.4 is 5.32 Å². The van der Waals surface area contributed by atoms with Crippen molar-refractivity contribution in [1.82, 2.24) is 5.32 Å². The molecule has 0 radical (unpaired) electrons. The first-order chi connectivity index (χ1) is 10.0. The van der Waals surface area contributed by atoms with E-state index in [-0.39, 0.29) is 11.9 Å². The molecule has 0 spiro atoms. The summed E-state index contributed by atoms with van der Waals surface area (Å²) in [6, 6.07) is 10.3. The fourth-order valence-electron chi connectivity index (χ4n) is 2.25. The fourth-order valence-corrected chi connectivity index (χ4v) is 3.02. The molecule has 2 rings (SSSR count). The molecule has 0 aromatic heterocycles. The summed E-state index contributed by atoms with van der Waals surface area (Å²) in [7, 11) is 0. The van der Waals surface area contributed by atoms with Gasteiger partial charge in [-0.05, 0) is 42.8 Å². The lowest BCUT2D eigenvalue weighted by Gasteiger charge is -2.20. The molecule has 0 aliphatic carbocycles. The van der Waals surface area contributed by atoms with E-state index in [9.17, 15) is 4.39 Å². The van der Waals surface area contributed by atoms with E-state index in [1.807, 2.05) is 19.1 Å². The summed E-state index contributed by atoms with van der Waals surface area (Å²) in [4.78, 5) is 0. The Morgan fingerprint density at radius 2 is 2.00 bits per heavy atom. The van der Waals surface area contributed by atoms with Gasteiger partial charge in [-0.15, -0.1) is 0 Å². The van der Waals surface area contributed by atoms with Crippen molar-refractivity contribution in [2.75, 3.05) is 6.54 Å². The second-order valence-corrected chi connectivity index (χ2v) is 6.39. The quantitative estimate of drug-likeness (QED) is 0.681. The van der Waals surface area contributed by atoms with Crippen LogP contribution in [0.15, 0.2) is 40.9 Å². The van der Waals surface area contributed by atoms with E-state index < -0.39 is 0 Å². The lowest BCUT2D eigenvalue weighted by molar-refractivity contribution is 0.510. The molecule has 0 heterocycles. The largest absolute Gasteiger partial charge is 0.310 e. The molecule has 0 bridgehead atoms. The maximum absolute atomic E-state index is 14.1. The summed E-state index contributed by atoms with van der Waals surface area (Å²) < 4.78 is 15.0. The van der Waals surface area contributed by atoms with Crippen molar-refractivity contribution in [3.05, 3.63) is 67.9 Å². The molecule has 2 aromatic rings. The second kappa shape index (κ2) is 7.59. The van der Waals surface area contributed by atoms with Crippen molar-refractivity contribution in [2.45, 2.75) is 19.4 Å². The zero-order valence-electron chi connectivity index (χ0n) is 11.5. The zero-order chi connectivity index (χ0) is 15.4. The number of hydrogen-bond acceptors (Lipinski definition) is 1. The van der Waals surface area contributed by atoms with Gasteiger partial charge in [-0.1, -0.05) is 58.2 Å². The minimum Gasteiger partial charge on any atom is -0.310 e. The van der Waals surface area contributed by atoms with Crippen LogP contribution in [0.3, 0.4) is 0 Å². The molecule has 0 amide bonds. The highest BCUT2D eigenvalue weighted by atomic mass is 79.9. The minimum atomic E-state index is -0.234. The van der Waals surface area contributed by atoms with E-state index in [2.05, 4.69) is 21.2 Å². The van der Waals surface area contributed by atoms with Crippen LogP contribution in [0.2, 0.25) is 10.0 Å². The molecule has 2 aromatic carbocycles. The maximum Gasteiger partial charge on any atom is 0.128 e. The van der Waals surface area contributed by atoms with Crippen LogP contribution in [0.4, 0.5) is 4.39 Å². The number of likely N-dealkylation sites (N-methyl/N-ethyl adjacent to an activating group) is 1. The van der Waals surface area contributed by atoms with Gasteiger partial charge in [0, 0.05) is 16.1 Å². The van der Waals surface area contributed by atoms with Gasteiger partial charge in [-0.25, -0.2) is 4.39 Å². The Kier molecular flexibility index (Phi) is 6.06. The van der Waals surface area contributed by atoms with Crippen molar-refractivity contribution in [1.29, 1.82) is 0 Å². The van der Waals surface area contributed by atoms with E-state index in [4.69, 9.17) is 23.2 Å². The molecular formula is C16H15BrCl2FN. The predicted molar refractivity (Wildman–Crippen MR) is 90.7 cm³/mol. The highest BCUT2D eigenvalue weighted by Gasteiger charge is 2.18. The van der Waals surface area contributed by atoms with Gasteiger partial charge in [-0.3, -0.25) is 0 Å². The fraction of sp³-hybridized carbons (Fsp3) is 0.250. The smallest absolute Gasteiger partial charge is 0.128 e. The van der Waals surface area contributed by atoms with Gasteiger partial charge in [0.1, 0.15) is 5.82 Å². The average molecular weight is 391 g/mol. The van der Waals surface area contributed by atoms with E-state index in [0.717, 1.165) is 16.6 Å².